The molecule has 1 amide bonds. The van der Waals surface area contributed by atoms with Gasteiger partial charge in [-0.15, -0.1) is 11.3 Å². The quantitative estimate of drug-likeness (QED) is 0.666. The van der Waals surface area contributed by atoms with Crippen molar-refractivity contribution in [3.8, 4) is 5.75 Å². The largest absolute Gasteiger partial charge is 0.502 e. The van der Waals surface area contributed by atoms with Gasteiger partial charge in [0.25, 0.3) is 5.91 Å². The first-order valence-electron chi connectivity index (χ1n) is 6.01. The molecule has 1 heterocycles. The van der Waals surface area contributed by atoms with Gasteiger partial charge in [-0.1, -0.05) is 0 Å². The van der Waals surface area contributed by atoms with Crippen LogP contribution in [0.1, 0.15) is 29.2 Å². The van der Waals surface area contributed by atoms with E-state index < -0.39 is 27.8 Å². The standard InChI is InChI=1S/C13H13N3O4S/c1-13(2,12-14-5-6-21-12)15-11(18)8-3-4-9(16(19)20)10(17)7-8/h3-7,17H,1-2H3,(H,15,18). The van der Waals surface area contributed by atoms with Crippen molar-refractivity contribution in [1.29, 1.82) is 0 Å². The van der Waals surface area contributed by atoms with Crippen molar-refractivity contribution in [3.63, 3.8) is 0 Å². The van der Waals surface area contributed by atoms with Gasteiger partial charge in [-0.3, -0.25) is 14.9 Å². The molecule has 0 aliphatic rings. The highest BCUT2D eigenvalue weighted by Crippen LogP contribution is 2.27. The van der Waals surface area contributed by atoms with Crippen LogP contribution in [0.4, 0.5) is 5.69 Å². The molecule has 0 bridgehead atoms. The topological polar surface area (TPSA) is 105 Å². The van der Waals surface area contributed by atoms with Crippen molar-refractivity contribution >= 4 is 22.9 Å². The number of carbonyl (C=O) groups is 1. The highest BCUT2D eigenvalue weighted by atomic mass is 32.1. The van der Waals surface area contributed by atoms with E-state index in [1.54, 1.807) is 25.4 Å². The van der Waals surface area contributed by atoms with Crippen LogP contribution in [0.25, 0.3) is 0 Å². The number of nitrogens with zero attached hydrogens (tertiary/aromatic N) is 2. The number of carbonyl (C=O) groups excluding carboxylic acids is 1. The molecule has 0 fully saturated rings. The molecule has 2 rings (SSSR count). The van der Waals surface area contributed by atoms with Crippen molar-refractivity contribution in [2.45, 2.75) is 19.4 Å². The zero-order valence-electron chi connectivity index (χ0n) is 11.4. The highest BCUT2D eigenvalue weighted by molar-refractivity contribution is 7.09. The Bertz CT molecular complexity index is 683. The number of hydrogen-bond acceptors (Lipinski definition) is 6. The fourth-order valence-electron chi connectivity index (χ4n) is 1.76. The zero-order valence-corrected chi connectivity index (χ0v) is 12.2. The van der Waals surface area contributed by atoms with E-state index in [-0.39, 0.29) is 5.56 Å². The number of nitro benzene ring substituents is 1. The average molecular weight is 307 g/mol. The maximum Gasteiger partial charge on any atom is 0.310 e. The number of amides is 1. The van der Waals surface area contributed by atoms with Gasteiger partial charge in [0.05, 0.1) is 10.5 Å². The van der Waals surface area contributed by atoms with Crippen molar-refractivity contribution in [2.24, 2.45) is 0 Å². The van der Waals surface area contributed by atoms with Gasteiger partial charge in [-0.05, 0) is 26.0 Å². The van der Waals surface area contributed by atoms with E-state index >= 15 is 0 Å². The number of phenolic OH excluding ortho intramolecular Hbond substituents is 1. The summed E-state index contributed by atoms with van der Waals surface area (Å²) in [6.45, 7) is 3.60. The third-order valence-corrected chi connectivity index (χ3v) is 3.92. The number of aromatic hydroxyl groups is 1. The predicted molar refractivity (Wildman–Crippen MR) is 77.4 cm³/mol. The van der Waals surface area contributed by atoms with Gasteiger partial charge < -0.3 is 10.4 Å². The van der Waals surface area contributed by atoms with Crippen LogP contribution in [0, 0.1) is 10.1 Å². The predicted octanol–water partition coefficient (Wildman–Crippen LogP) is 2.42. The van der Waals surface area contributed by atoms with Crippen LogP contribution in [-0.4, -0.2) is 20.9 Å². The van der Waals surface area contributed by atoms with Gasteiger partial charge in [-0.25, -0.2) is 4.98 Å². The number of hydrogen-bond donors (Lipinski definition) is 2. The van der Waals surface area contributed by atoms with Crippen LogP contribution >= 0.6 is 11.3 Å². The highest BCUT2D eigenvalue weighted by Gasteiger charge is 2.26. The first-order valence-corrected chi connectivity index (χ1v) is 6.89. The second kappa shape index (κ2) is 5.49. The van der Waals surface area contributed by atoms with Crippen molar-refractivity contribution < 1.29 is 14.8 Å². The molecule has 0 saturated carbocycles. The summed E-state index contributed by atoms with van der Waals surface area (Å²) in [5.41, 5.74) is -0.976. The van der Waals surface area contributed by atoms with Crippen molar-refractivity contribution in [2.75, 3.05) is 0 Å². The van der Waals surface area contributed by atoms with Gasteiger partial charge in [0.15, 0.2) is 5.75 Å². The van der Waals surface area contributed by atoms with E-state index in [1.807, 2.05) is 0 Å². The summed E-state index contributed by atoms with van der Waals surface area (Å²) in [5, 5.41) is 25.5. The van der Waals surface area contributed by atoms with E-state index in [9.17, 15) is 20.0 Å². The minimum atomic E-state index is -0.712. The van der Waals surface area contributed by atoms with E-state index in [1.165, 1.54) is 17.4 Å². The number of benzene rings is 1. The first kappa shape index (κ1) is 14.9. The van der Waals surface area contributed by atoms with E-state index in [4.69, 9.17) is 0 Å². The van der Waals surface area contributed by atoms with E-state index in [0.717, 1.165) is 17.1 Å². The molecule has 0 atom stereocenters. The molecule has 0 aliphatic heterocycles. The Hall–Kier alpha value is -2.48. The number of phenols is 1. The molecule has 0 radical (unpaired) electrons. The molecule has 8 heteroatoms. The molecule has 0 spiro atoms. The Morgan fingerprint density at radius 3 is 2.71 bits per heavy atom. The van der Waals surface area contributed by atoms with Crippen LogP contribution in [0.5, 0.6) is 5.75 Å². The van der Waals surface area contributed by atoms with Crippen LogP contribution in [0.15, 0.2) is 29.8 Å². The molecule has 1 aromatic heterocycles. The summed E-state index contributed by atoms with van der Waals surface area (Å²) in [4.78, 5) is 26.2. The van der Waals surface area contributed by atoms with Gasteiger partial charge in [-0.2, -0.15) is 0 Å². The Kier molecular flexibility index (Phi) is 3.90. The SMILES string of the molecule is CC(C)(NC(=O)c1ccc([N+](=O)[O-])c(O)c1)c1nccs1. The fourth-order valence-corrected chi connectivity index (χ4v) is 2.48. The molecular formula is C13H13N3O4S. The van der Waals surface area contributed by atoms with Gasteiger partial charge >= 0.3 is 5.69 Å². The van der Waals surface area contributed by atoms with Crippen LogP contribution in [-0.2, 0) is 5.54 Å². The summed E-state index contributed by atoms with van der Waals surface area (Å²) in [6, 6.07) is 3.47. The first-order chi connectivity index (χ1) is 9.81. The van der Waals surface area contributed by atoms with E-state index in [2.05, 4.69) is 10.3 Å². The lowest BCUT2D eigenvalue weighted by molar-refractivity contribution is -0.385. The van der Waals surface area contributed by atoms with Gasteiger partial charge in [0.1, 0.15) is 5.01 Å². The maximum atomic E-state index is 12.2. The second-order valence-corrected chi connectivity index (χ2v) is 5.77. The third-order valence-electron chi connectivity index (χ3n) is 2.83. The number of rotatable bonds is 4. The lowest BCUT2D eigenvalue weighted by Crippen LogP contribution is -2.40. The molecule has 1 aromatic carbocycles. The summed E-state index contributed by atoms with van der Waals surface area (Å²) < 4.78 is 0. The molecule has 7 nitrogen and oxygen atoms in total. The molecule has 2 aromatic rings. The van der Waals surface area contributed by atoms with Crippen molar-refractivity contribution in [3.05, 3.63) is 50.5 Å². The third kappa shape index (κ3) is 3.16. The number of nitrogens with one attached hydrogen (secondary N) is 1. The minimum Gasteiger partial charge on any atom is -0.502 e. The van der Waals surface area contributed by atoms with E-state index in [0.29, 0.717) is 0 Å². The molecule has 0 saturated heterocycles. The molecule has 0 unspecified atom stereocenters. The van der Waals surface area contributed by atoms with Gasteiger partial charge in [0, 0.05) is 23.2 Å². The monoisotopic (exact) mass is 307 g/mol. The van der Waals surface area contributed by atoms with Crippen LogP contribution in [0.3, 0.4) is 0 Å². The summed E-state index contributed by atoms with van der Waals surface area (Å²) in [5.74, 6) is -0.986. The molecular weight excluding hydrogens is 294 g/mol. The Balaban J connectivity index is 2.21. The Morgan fingerprint density at radius 1 is 1.48 bits per heavy atom. The lowest BCUT2D eigenvalue weighted by Gasteiger charge is -2.23. The Labute approximate surface area is 124 Å². The molecule has 0 aliphatic carbocycles. The maximum absolute atomic E-state index is 12.2. The molecule has 21 heavy (non-hydrogen) atoms. The van der Waals surface area contributed by atoms with Crippen LogP contribution < -0.4 is 5.32 Å². The van der Waals surface area contributed by atoms with Gasteiger partial charge in [0.2, 0.25) is 0 Å². The lowest BCUT2D eigenvalue weighted by atomic mass is 10.1. The van der Waals surface area contributed by atoms with Crippen molar-refractivity contribution in [1.82, 2.24) is 10.3 Å². The fraction of sp³-hybridized carbons (Fsp3) is 0.231. The summed E-state index contributed by atoms with van der Waals surface area (Å²) in [6.07, 6.45) is 1.64. The normalized spacial score (nSPS) is 11.1. The molecule has 2 N–H and O–H groups in total. The summed E-state index contributed by atoms with van der Waals surface area (Å²) in [7, 11) is 0. The summed E-state index contributed by atoms with van der Waals surface area (Å²) >= 11 is 1.41. The smallest absolute Gasteiger partial charge is 0.310 e. The zero-order chi connectivity index (χ0) is 15.6. The number of thiazole rings is 1. The molecule has 110 valence electrons. The minimum absolute atomic E-state index is 0.141. The second-order valence-electron chi connectivity index (χ2n) is 4.88. The number of nitro groups is 1. The number of aromatic nitrogens is 1. The Morgan fingerprint density at radius 2 is 2.19 bits per heavy atom. The van der Waals surface area contributed by atoms with Crippen LogP contribution in [0.2, 0.25) is 0 Å². The average Bonchev–Trinajstić information content (AvgIpc) is 2.92.